The van der Waals surface area contributed by atoms with Gasteiger partial charge < -0.3 is 0 Å². The molecule has 2 heterocycles. The smallest absolute Gasteiger partial charge is 0.0372 e. The summed E-state index contributed by atoms with van der Waals surface area (Å²) < 4.78 is 0. The van der Waals surface area contributed by atoms with Gasteiger partial charge in [0, 0.05) is 23.8 Å². The van der Waals surface area contributed by atoms with Crippen LogP contribution in [0.4, 0.5) is 0 Å². The van der Waals surface area contributed by atoms with E-state index in [1.54, 1.807) is 12.4 Å². The second-order valence-corrected chi connectivity index (χ2v) is 2.94. The maximum atomic E-state index is 3.98. The minimum atomic E-state index is 1.07. The molecular formula is C14H20N2. The van der Waals surface area contributed by atoms with Crippen molar-refractivity contribution in [2.75, 3.05) is 0 Å². The molecule has 0 spiro atoms. The fourth-order valence-corrected chi connectivity index (χ4v) is 0.896. The van der Waals surface area contributed by atoms with E-state index in [4.69, 9.17) is 0 Å². The van der Waals surface area contributed by atoms with Crippen LogP contribution in [-0.4, -0.2) is 9.97 Å². The molecule has 2 nitrogen and oxygen atoms in total. The SMILES string of the molecule is CC.Cc1ccccn1.Cc1ccccn1. The van der Waals surface area contributed by atoms with E-state index in [1.807, 2.05) is 64.1 Å². The van der Waals surface area contributed by atoms with Crippen LogP contribution < -0.4 is 0 Å². The molecule has 2 aromatic rings. The molecule has 0 aliphatic carbocycles. The van der Waals surface area contributed by atoms with Crippen LogP contribution in [0.15, 0.2) is 48.8 Å². The second-order valence-electron chi connectivity index (χ2n) is 2.94. The molecule has 0 saturated heterocycles. The van der Waals surface area contributed by atoms with E-state index < -0.39 is 0 Å². The van der Waals surface area contributed by atoms with Crippen LogP contribution in [0.1, 0.15) is 25.2 Å². The monoisotopic (exact) mass is 216 g/mol. The molecule has 2 aromatic heterocycles. The standard InChI is InChI=1S/2C6H7N.C2H6/c2*1-6-4-2-3-5-7-6;1-2/h2*2-5H,1H3;1-2H3. The zero-order chi connectivity index (χ0) is 12.2. The van der Waals surface area contributed by atoms with E-state index >= 15 is 0 Å². The number of nitrogens with zero attached hydrogens (tertiary/aromatic N) is 2. The van der Waals surface area contributed by atoms with Crippen LogP contribution in [-0.2, 0) is 0 Å². The molecule has 0 radical (unpaired) electrons. The molecule has 0 aliphatic heterocycles. The van der Waals surface area contributed by atoms with Crippen LogP contribution >= 0.6 is 0 Å². The summed E-state index contributed by atoms with van der Waals surface area (Å²) in [6, 6.07) is 11.7. The maximum absolute atomic E-state index is 3.98. The molecule has 0 aliphatic rings. The lowest BCUT2D eigenvalue weighted by atomic mass is 10.4. The third-order valence-corrected chi connectivity index (χ3v) is 1.63. The van der Waals surface area contributed by atoms with Crippen molar-refractivity contribution in [1.82, 2.24) is 9.97 Å². The third-order valence-electron chi connectivity index (χ3n) is 1.63. The molecule has 0 bridgehead atoms. The van der Waals surface area contributed by atoms with Crippen molar-refractivity contribution in [2.45, 2.75) is 27.7 Å². The molecule has 2 rings (SSSR count). The molecule has 0 saturated carbocycles. The first-order valence-electron chi connectivity index (χ1n) is 5.54. The fourth-order valence-electron chi connectivity index (χ4n) is 0.896. The molecule has 0 aromatic carbocycles. The van der Waals surface area contributed by atoms with E-state index in [9.17, 15) is 0 Å². The lowest BCUT2D eigenvalue weighted by molar-refractivity contribution is 1.20. The van der Waals surface area contributed by atoms with E-state index in [1.165, 1.54) is 0 Å². The normalized spacial score (nSPS) is 8.00. The first-order chi connectivity index (χ1) is 7.79. The average molecular weight is 216 g/mol. The van der Waals surface area contributed by atoms with Crippen LogP contribution in [0, 0.1) is 13.8 Å². The van der Waals surface area contributed by atoms with Gasteiger partial charge >= 0.3 is 0 Å². The lowest BCUT2D eigenvalue weighted by Gasteiger charge is -1.82. The maximum Gasteiger partial charge on any atom is 0.0372 e. The van der Waals surface area contributed by atoms with Crippen molar-refractivity contribution in [2.24, 2.45) is 0 Å². The van der Waals surface area contributed by atoms with E-state index in [0.717, 1.165) is 11.4 Å². The number of hydrogen-bond donors (Lipinski definition) is 0. The van der Waals surface area contributed by atoms with Crippen molar-refractivity contribution < 1.29 is 0 Å². The summed E-state index contributed by atoms with van der Waals surface area (Å²) in [5.41, 5.74) is 2.14. The van der Waals surface area contributed by atoms with Gasteiger partial charge in [-0.15, -0.1) is 0 Å². The van der Waals surface area contributed by atoms with Gasteiger partial charge in [-0.3, -0.25) is 9.97 Å². The van der Waals surface area contributed by atoms with Crippen LogP contribution in [0.2, 0.25) is 0 Å². The molecule has 86 valence electrons. The van der Waals surface area contributed by atoms with Gasteiger partial charge in [-0.2, -0.15) is 0 Å². The minimum Gasteiger partial charge on any atom is -0.262 e. The second kappa shape index (κ2) is 9.84. The first kappa shape index (κ1) is 14.3. The van der Waals surface area contributed by atoms with E-state index in [0.29, 0.717) is 0 Å². The molecule has 0 atom stereocenters. The fraction of sp³-hybridized carbons (Fsp3) is 0.286. The predicted octanol–water partition coefficient (Wildman–Crippen LogP) is 3.81. The van der Waals surface area contributed by atoms with Crippen LogP contribution in [0.5, 0.6) is 0 Å². The molecule has 2 heteroatoms. The highest BCUT2D eigenvalue weighted by atomic mass is 14.6. The highest BCUT2D eigenvalue weighted by molar-refractivity contribution is 5.00. The van der Waals surface area contributed by atoms with Gasteiger partial charge in [0.2, 0.25) is 0 Å². The van der Waals surface area contributed by atoms with Gasteiger partial charge in [-0.05, 0) is 38.1 Å². The molecular weight excluding hydrogens is 196 g/mol. The summed E-state index contributed by atoms with van der Waals surface area (Å²) in [5.74, 6) is 0. The molecule has 0 amide bonds. The number of pyridine rings is 2. The Balaban J connectivity index is 0.000000244. The van der Waals surface area contributed by atoms with Crippen LogP contribution in [0.3, 0.4) is 0 Å². The van der Waals surface area contributed by atoms with E-state index in [-0.39, 0.29) is 0 Å². The number of rotatable bonds is 0. The number of aryl methyl sites for hydroxylation is 2. The van der Waals surface area contributed by atoms with E-state index in [2.05, 4.69) is 9.97 Å². The Hall–Kier alpha value is -1.70. The van der Waals surface area contributed by atoms with Gasteiger partial charge in [0.25, 0.3) is 0 Å². The summed E-state index contributed by atoms with van der Waals surface area (Å²) in [5, 5.41) is 0. The Kier molecular flexibility index (Phi) is 8.79. The third kappa shape index (κ3) is 7.68. The Labute approximate surface area is 98.4 Å². The van der Waals surface area contributed by atoms with Gasteiger partial charge in [0.05, 0.1) is 0 Å². The van der Waals surface area contributed by atoms with Crippen molar-refractivity contribution in [3.05, 3.63) is 60.2 Å². The van der Waals surface area contributed by atoms with Crippen molar-refractivity contribution in [3.8, 4) is 0 Å². The average Bonchev–Trinajstić information content (AvgIpc) is 2.34. The highest BCUT2D eigenvalue weighted by Crippen LogP contribution is 1.86. The summed E-state index contributed by atoms with van der Waals surface area (Å²) >= 11 is 0. The quantitative estimate of drug-likeness (QED) is 0.669. The van der Waals surface area contributed by atoms with Crippen molar-refractivity contribution in [3.63, 3.8) is 0 Å². The Morgan fingerprint density at radius 2 is 1.06 bits per heavy atom. The Morgan fingerprint density at radius 3 is 1.19 bits per heavy atom. The molecule has 16 heavy (non-hydrogen) atoms. The highest BCUT2D eigenvalue weighted by Gasteiger charge is 1.74. The summed E-state index contributed by atoms with van der Waals surface area (Å²) in [7, 11) is 0. The Bertz CT molecular complexity index is 306. The summed E-state index contributed by atoms with van der Waals surface area (Å²) in [4.78, 5) is 7.96. The number of hydrogen-bond acceptors (Lipinski definition) is 2. The van der Waals surface area contributed by atoms with Crippen molar-refractivity contribution in [1.29, 1.82) is 0 Å². The summed E-state index contributed by atoms with van der Waals surface area (Å²) in [6.07, 6.45) is 3.57. The molecule has 0 N–H and O–H groups in total. The zero-order valence-corrected chi connectivity index (χ0v) is 10.5. The van der Waals surface area contributed by atoms with Gasteiger partial charge in [0.15, 0.2) is 0 Å². The van der Waals surface area contributed by atoms with Crippen LogP contribution in [0.25, 0.3) is 0 Å². The summed E-state index contributed by atoms with van der Waals surface area (Å²) in [6.45, 7) is 7.94. The zero-order valence-electron chi connectivity index (χ0n) is 10.5. The largest absolute Gasteiger partial charge is 0.262 e. The molecule has 0 fully saturated rings. The first-order valence-corrected chi connectivity index (χ1v) is 5.54. The Morgan fingerprint density at radius 1 is 0.688 bits per heavy atom. The van der Waals surface area contributed by atoms with Crippen molar-refractivity contribution >= 4 is 0 Å². The topological polar surface area (TPSA) is 25.8 Å². The van der Waals surface area contributed by atoms with Gasteiger partial charge in [0.1, 0.15) is 0 Å². The van der Waals surface area contributed by atoms with Gasteiger partial charge in [-0.25, -0.2) is 0 Å². The molecule has 0 unspecified atom stereocenters. The lowest BCUT2D eigenvalue weighted by Crippen LogP contribution is -1.72. The minimum absolute atomic E-state index is 1.07. The van der Waals surface area contributed by atoms with Gasteiger partial charge in [-0.1, -0.05) is 26.0 Å². The number of aromatic nitrogens is 2. The predicted molar refractivity (Wildman–Crippen MR) is 69.3 cm³/mol.